The van der Waals surface area contributed by atoms with Crippen LogP contribution in [0.2, 0.25) is 0 Å². The minimum Gasteiger partial charge on any atom is -0.371 e. The van der Waals surface area contributed by atoms with E-state index >= 15 is 0 Å². The zero-order chi connectivity index (χ0) is 18.3. The average Bonchev–Trinajstić information content (AvgIpc) is 3.33. The molecule has 1 aromatic heterocycles. The Morgan fingerprint density at radius 2 is 2.23 bits per heavy atom. The van der Waals surface area contributed by atoms with Gasteiger partial charge in [-0.1, -0.05) is 23.0 Å². The van der Waals surface area contributed by atoms with Crippen molar-refractivity contribution in [1.82, 2.24) is 10.2 Å². The normalized spacial score (nSPS) is 19.1. The van der Waals surface area contributed by atoms with Crippen molar-refractivity contribution in [3.63, 3.8) is 0 Å². The molecule has 0 saturated carbocycles. The molecule has 8 nitrogen and oxygen atoms in total. The third-order valence-corrected chi connectivity index (χ3v) is 5.25. The van der Waals surface area contributed by atoms with Crippen LogP contribution >= 0.6 is 11.3 Å². The van der Waals surface area contributed by atoms with Gasteiger partial charge < -0.3 is 4.74 Å². The van der Waals surface area contributed by atoms with Gasteiger partial charge in [-0.25, -0.2) is 0 Å². The Kier molecular flexibility index (Phi) is 4.25. The Morgan fingerprint density at radius 3 is 3.00 bits per heavy atom. The number of nitrogens with zero attached hydrogens (tertiary/aromatic N) is 3. The van der Waals surface area contributed by atoms with E-state index in [9.17, 15) is 14.4 Å². The molecule has 26 heavy (non-hydrogen) atoms. The maximum absolute atomic E-state index is 12.3. The number of amides is 2. The van der Waals surface area contributed by atoms with E-state index < -0.39 is 17.6 Å². The SMILES string of the molecule is Cc1ccc2c(c1)C(=O)C(=O)N2CC(=O)Nc1nnc(C2CCCO2)s1. The third kappa shape index (κ3) is 2.99. The second-order valence-electron chi connectivity index (χ2n) is 6.24. The quantitative estimate of drug-likeness (QED) is 0.822. The highest BCUT2D eigenvalue weighted by Gasteiger charge is 2.36. The van der Waals surface area contributed by atoms with Gasteiger partial charge in [0.15, 0.2) is 0 Å². The van der Waals surface area contributed by atoms with Gasteiger partial charge in [-0.3, -0.25) is 24.6 Å². The summed E-state index contributed by atoms with van der Waals surface area (Å²) in [6, 6.07) is 5.14. The lowest BCUT2D eigenvalue weighted by Gasteiger charge is -2.15. The second kappa shape index (κ2) is 6.58. The molecular weight excluding hydrogens is 356 g/mol. The predicted molar refractivity (Wildman–Crippen MR) is 94.3 cm³/mol. The molecule has 2 aliphatic heterocycles. The van der Waals surface area contributed by atoms with Crippen LogP contribution in [0.5, 0.6) is 0 Å². The van der Waals surface area contributed by atoms with Crippen LogP contribution in [-0.4, -0.2) is 40.9 Å². The Labute approximate surface area is 153 Å². The number of carbonyl (C=O) groups is 3. The highest BCUT2D eigenvalue weighted by Crippen LogP contribution is 2.32. The van der Waals surface area contributed by atoms with Gasteiger partial charge in [0, 0.05) is 6.61 Å². The van der Waals surface area contributed by atoms with Crippen molar-refractivity contribution >= 4 is 39.8 Å². The smallest absolute Gasteiger partial charge is 0.299 e. The maximum atomic E-state index is 12.3. The largest absolute Gasteiger partial charge is 0.371 e. The van der Waals surface area contributed by atoms with Crippen LogP contribution in [0.15, 0.2) is 18.2 Å². The molecule has 1 N–H and O–H groups in total. The first-order valence-electron chi connectivity index (χ1n) is 8.24. The molecule has 1 atom stereocenters. The first kappa shape index (κ1) is 16.8. The summed E-state index contributed by atoms with van der Waals surface area (Å²) in [5.41, 5.74) is 1.67. The molecule has 3 heterocycles. The minimum atomic E-state index is -0.696. The van der Waals surface area contributed by atoms with E-state index in [1.165, 1.54) is 16.2 Å². The van der Waals surface area contributed by atoms with Crippen molar-refractivity contribution in [3.05, 3.63) is 34.3 Å². The average molecular weight is 372 g/mol. The molecule has 4 rings (SSSR count). The first-order chi connectivity index (χ1) is 12.5. The molecule has 2 aromatic rings. The summed E-state index contributed by atoms with van der Waals surface area (Å²) in [5.74, 6) is -1.72. The van der Waals surface area contributed by atoms with Gasteiger partial charge in [0.2, 0.25) is 11.0 Å². The number of ketones is 1. The van der Waals surface area contributed by atoms with Crippen molar-refractivity contribution in [2.45, 2.75) is 25.9 Å². The van der Waals surface area contributed by atoms with E-state index in [0.717, 1.165) is 23.4 Å². The van der Waals surface area contributed by atoms with E-state index in [-0.39, 0.29) is 12.6 Å². The maximum Gasteiger partial charge on any atom is 0.299 e. The number of anilines is 2. The van der Waals surface area contributed by atoms with Gasteiger partial charge in [-0.05, 0) is 31.9 Å². The lowest BCUT2D eigenvalue weighted by molar-refractivity contribution is -0.118. The Bertz CT molecular complexity index is 904. The van der Waals surface area contributed by atoms with Gasteiger partial charge in [0.05, 0.1) is 11.3 Å². The van der Waals surface area contributed by atoms with Crippen molar-refractivity contribution < 1.29 is 19.1 Å². The molecule has 134 valence electrons. The van der Waals surface area contributed by atoms with Crippen LogP contribution in [0.3, 0.4) is 0 Å². The molecule has 1 aromatic carbocycles. The number of nitrogens with one attached hydrogen (secondary N) is 1. The molecule has 2 aliphatic rings. The molecule has 1 fully saturated rings. The van der Waals surface area contributed by atoms with Crippen molar-refractivity contribution in [3.8, 4) is 0 Å². The fraction of sp³-hybridized carbons (Fsp3) is 0.353. The van der Waals surface area contributed by atoms with E-state index in [0.29, 0.717) is 23.0 Å². The number of hydrogen-bond donors (Lipinski definition) is 1. The van der Waals surface area contributed by atoms with Gasteiger partial charge in [-0.2, -0.15) is 0 Å². The van der Waals surface area contributed by atoms with Crippen LogP contribution in [0.1, 0.15) is 39.9 Å². The van der Waals surface area contributed by atoms with Crippen LogP contribution in [0.4, 0.5) is 10.8 Å². The van der Waals surface area contributed by atoms with Crippen molar-refractivity contribution in [2.75, 3.05) is 23.4 Å². The molecule has 0 spiro atoms. The monoisotopic (exact) mass is 372 g/mol. The lowest BCUT2D eigenvalue weighted by Crippen LogP contribution is -2.37. The van der Waals surface area contributed by atoms with Crippen LogP contribution in [-0.2, 0) is 14.3 Å². The van der Waals surface area contributed by atoms with E-state index in [1.807, 2.05) is 6.92 Å². The third-order valence-electron chi connectivity index (χ3n) is 4.32. The zero-order valence-corrected chi connectivity index (χ0v) is 14.8. The summed E-state index contributed by atoms with van der Waals surface area (Å²) in [6.45, 7) is 2.29. The summed E-state index contributed by atoms with van der Waals surface area (Å²) in [5, 5.41) is 11.7. The molecule has 2 amide bonds. The summed E-state index contributed by atoms with van der Waals surface area (Å²) in [4.78, 5) is 37.8. The summed E-state index contributed by atoms with van der Waals surface area (Å²) in [6.07, 6.45) is 1.81. The highest BCUT2D eigenvalue weighted by molar-refractivity contribution is 7.15. The number of ether oxygens (including phenoxy) is 1. The van der Waals surface area contributed by atoms with E-state index in [4.69, 9.17) is 4.74 Å². The Balaban J connectivity index is 1.45. The van der Waals surface area contributed by atoms with Gasteiger partial charge in [-0.15, -0.1) is 10.2 Å². The fourth-order valence-corrected chi connectivity index (χ4v) is 3.90. The van der Waals surface area contributed by atoms with Crippen molar-refractivity contribution in [1.29, 1.82) is 0 Å². The van der Waals surface area contributed by atoms with Crippen LogP contribution < -0.4 is 10.2 Å². The number of carbonyl (C=O) groups excluding carboxylic acids is 3. The molecule has 0 bridgehead atoms. The lowest BCUT2D eigenvalue weighted by atomic mass is 10.1. The number of aromatic nitrogens is 2. The fourth-order valence-electron chi connectivity index (χ4n) is 3.06. The first-order valence-corrected chi connectivity index (χ1v) is 9.06. The molecule has 0 aliphatic carbocycles. The molecule has 1 saturated heterocycles. The number of aryl methyl sites for hydroxylation is 1. The van der Waals surface area contributed by atoms with Crippen LogP contribution in [0, 0.1) is 6.92 Å². The minimum absolute atomic E-state index is 0.0638. The van der Waals surface area contributed by atoms with Crippen molar-refractivity contribution in [2.24, 2.45) is 0 Å². The topological polar surface area (TPSA) is 101 Å². The Hall–Kier alpha value is -2.65. The van der Waals surface area contributed by atoms with Gasteiger partial charge >= 0.3 is 0 Å². The van der Waals surface area contributed by atoms with Gasteiger partial charge in [0.25, 0.3) is 11.7 Å². The zero-order valence-electron chi connectivity index (χ0n) is 14.0. The van der Waals surface area contributed by atoms with Crippen LogP contribution in [0.25, 0.3) is 0 Å². The standard InChI is InChI=1S/C17H16N4O4S/c1-9-4-5-11-10(7-9)14(23)16(24)21(11)8-13(22)18-17-20-19-15(26-17)12-3-2-6-25-12/h4-5,7,12H,2-3,6,8H2,1H3,(H,18,20,22). The molecule has 1 unspecified atom stereocenters. The van der Waals surface area contributed by atoms with Gasteiger partial charge in [0.1, 0.15) is 17.7 Å². The predicted octanol–water partition coefficient (Wildman–Crippen LogP) is 1.87. The Morgan fingerprint density at radius 1 is 1.38 bits per heavy atom. The summed E-state index contributed by atoms with van der Waals surface area (Å²) in [7, 11) is 0. The number of rotatable bonds is 4. The van der Waals surface area contributed by atoms with E-state index in [1.54, 1.807) is 18.2 Å². The number of fused-ring (bicyclic) bond motifs is 1. The number of benzene rings is 1. The second-order valence-corrected chi connectivity index (χ2v) is 7.25. The van der Waals surface area contributed by atoms with E-state index in [2.05, 4.69) is 15.5 Å². The molecule has 9 heteroatoms. The number of hydrogen-bond acceptors (Lipinski definition) is 7. The molecule has 0 radical (unpaired) electrons. The highest BCUT2D eigenvalue weighted by atomic mass is 32.1. The summed E-state index contributed by atoms with van der Waals surface area (Å²) < 4.78 is 5.54. The molecular formula is C17H16N4O4S. The number of Topliss-reactive ketones (excluding diaryl/α,β-unsaturated/α-hetero) is 1. The summed E-state index contributed by atoms with van der Waals surface area (Å²) >= 11 is 1.26.